The Balaban J connectivity index is 2.09. The monoisotopic (exact) mass is 209 g/mol. The molecule has 0 fully saturated rings. The number of aromatic nitrogens is 2. The summed E-state index contributed by atoms with van der Waals surface area (Å²) in [6.45, 7) is 0.429. The predicted octanol–water partition coefficient (Wildman–Crippen LogP) is -0.455. The maximum atomic E-state index is 11.0. The van der Waals surface area contributed by atoms with Crippen molar-refractivity contribution in [3.8, 4) is 0 Å². The van der Waals surface area contributed by atoms with Crippen LogP contribution in [0.3, 0.4) is 0 Å². The number of nitrogens with zero attached hydrogens (tertiary/aromatic N) is 2. The van der Waals surface area contributed by atoms with E-state index in [9.17, 15) is 9.59 Å². The molecule has 0 saturated heterocycles. The highest BCUT2D eigenvalue weighted by Gasteiger charge is 1.98. The van der Waals surface area contributed by atoms with Crippen LogP contribution in [-0.2, 0) is 11.2 Å². The number of H-pyrrole nitrogens is 1. The summed E-state index contributed by atoms with van der Waals surface area (Å²) in [6.07, 6.45) is 5.26. The molecular weight excluding hydrogens is 198 g/mol. The van der Waals surface area contributed by atoms with E-state index in [4.69, 9.17) is 0 Å². The van der Waals surface area contributed by atoms with Crippen LogP contribution in [0.1, 0.15) is 5.69 Å². The van der Waals surface area contributed by atoms with Crippen LogP contribution in [0.5, 0.6) is 0 Å². The van der Waals surface area contributed by atoms with Crippen LogP contribution < -0.4 is 10.6 Å². The molecule has 0 spiro atoms. The lowest BCUT2D eigenvalue weighted by molar-refractivity contribution is 0.241. The fourth-order valence-electron chi connectivity index (χ4n) is 0.938. The smallest absolute Gasteiger partial charge is 0.316 e. The Morgan fingerprint density at radius 2 is 2.47 bits per heavy atom. The number of carbonyl (C=O) groups excluding carboxylic acids is 2. The molecular formula is C8H11N5O2. The molecule has 0 aliphatic rings. The molecule has 7 heteroatoms. The molecule has 1 aromatic rings. The second-order valence-electron chi connectivity index (χ2n) is 2.67. The van der Waals surface area contributed by atoms with Gasteiger partial charge in [0, 0.05) is 24.9 Å². The molecule has 2 amide bonds. The van der Waals surface area contributed by atoms with Crippen molar-refractivity contribution < 1.29 is 9.59 Å². The van der Waals surface area contributed by atoms with Gasteiger partial charge in [0.05, 0.1) is 6.33 Å². The molecule has 1 heterocycles. The van der Waals surface area contributed by atoms with Crippen LogP contribution in [-0.4, -0.2) is 35.3 Å². The van der Waals surface area contributed by atoms with Crippen LogP contribution in [0.4, 0.5) is 4.79 Å². The number of hydrogen-bond acceptors (Lipinski definition) is 4. The van der Waals surface area contributed by atoms with E-state index in [0.29, 0.717) is 13.0 Å². The second kappa shape index (κ2) is 6.33. The van der Waals surface area contributed by atoms with Crippen molar-refractivity contribution in [1.82, 2.24) is 20.6 Å². The largest absolute Gasteiger partial charge is 0.348 e. The number of isocyanates is 1. The molecule has 0 unspecified atom stereocenters. The minimum absolute atomic E-state index is 0.0562. The first kappa shape index (κ1) is 10.9. The van der Waals surface area contributed by atoms with E-state index >= 15 is 0 Å². The SMILES string of the molecule is O=C=NCNC(=O)NCCc1cnc[nH]1. The normalized spacial score (nSPS) is 9.07. The second-order valence-corrected chi connectivity index (χ2v) is 2.67. The number of rotatable bonds is 5. The van der Waals surface area contributed by atoms with Crippen LogP contribution >= 0.6 is 0 Å². The molecule has 3 N–H and O–H groups in total. The molecule has 0 aromatic carbocycles. The first-order valence-corrected chi connectivity index (χ1v) is 4.35. The highest BCUT2D eigenvalue weighted by atomic mass is 16.2. The molecule has 0 radical (unpaired) electrons. The van der Waals surface area contributed by atoms with E-state index in [-0.39, 0.29) is 12.7 Å². The van der Waals surface area contributed by atoms with Crippen molar-refractivity contribution >= 4 is 12.1 Å². The van der Waals surface area contributed by atoms with Gasteiger partial charge in [-0.3, -0.25) is 0 Å². The lowest BCUT2D eigenvalue weighted by Gasteiger charge is -2.03. The van der Waals surface area contributed by atoms with Crippen molar-refractivity contribution in [3.05, 3.63) is 18.2 Å². The first-order valence-electron chi connectivity index (χ1n) is 4.35. The Morgan fingerprint density at radius 1 is 1.60 bits per heavy atom. The van der Waals surface area contributed by atoms with Crippen molar-refractivity contribution in [3.63, 3.8) is 0 Å². The number of aromatic amines is 1. The molecule has 1 rings (SSSR count). The maximum Gasteiger partial charge on any atom is 0.316 e. The maximum absolute atomic E-state index is 11.0. The third-order valence-electron chi connectivity index (χ3n) is 1.62. The van der Waals surface area contributed by atoms with Crippen molar-refractivity contribution in [2.24, 2.45) is 4.99 Å². The van der Waals surface area contributed by atoms with Gasteiger partial charge in [0.25, 0.3) is 0 Å². The zero-order valence-electron chi connectivity index (χ0n) is 7.99. The van der Waals surface area contributed by atoms with Gasteiger partial charge >= 0.3 is 6.03 Å². The summed E-state index contributed by atoms with van der Waals surface area (Å²) >= 11 is 0. The summed E-state index contributed by atoms with van der Waals surface area (Å²) < 4.78 is 0. The number of nitrogens with one attached hydrogen (secondary N) is 3. The number of imidazole rings is 1. The predicted molar refractivity (Wildman–Crippen MR) is 51.8 cm³/mol. The van der Waals surface area contributed by atoms with E-state index in [1.54, 1.807) is 12.5 Å². The van der Waals surface area contributed by atoms with Crippen LogP contribution in [0.25, 0.3) is 0 Å². The highest BCUT2D eigenvalue weighted by molar-refractivity contribution is 5.73. The minimum atomic E-state index is -0.367. The number of carbonyl (C=O) groups is 1. The minimum Gasteiger partial charge on any atom is -0.348 e. The van der Waals surface area contributed by atoms with E-state index in [0.717, 1.165) is 5.69 Å². The van der Waals surface area contributed by atoms with E-state index in [2.05, 4.69) is 25.6 Å². The first-order chi connectivity index (χ1) is 7.33. The fraction of sp³-hybridized carbons (Fsp3) is 0.375. The van der Waals surface area contributed by atoms with Gasteiger partial charge in [0.2, 0.25) is 6.08 Å². The summed E-state index contributed by atoms with van der Waals surface area (Å²) in [5.74, 6) is 0. The summed E-state index contributed by atoms with van der Waals surface area (Å²) in [5, 5.41) is 4.95. The van der Waals surface area contributed by atoms with Gasteiger partial charge in [0.15, 0.2) is 0 Å². The van der Waals surface area contributed by atoms with Crippen LogP contribution in [0.2, 0.25) is 0 Å². The van der Waals surface area contributed by atoms with Gasteiger partial charge in [-0.15, -0.1) is 0 Å². The number of amides is 2. The molecule has 15 heavy (non-hydrogen) atoms. The quantitative estimate of drug-likeness (QED) is 0.452. The fourth-order valence-corrected chi connectivity index (χ4v) is 0.938. The molecule has 0 atom stereocenters. The van der Waals surface area contributed by atoms with E-state index in [1.165, 1.54) is 6.08 Å². The Bertz CT molecular complexity index is 342. The molecule has 0 aliphatic heterocycles. The van der Waals surface area contributed by atoms with Gasteiger partial charge in [-0.2, -0.15) is 4.99 Å². The highest BCUT2D eigenvalue weighted by Crippen LogP contribution is 1.89. The Morgan fingerprint density at radius 3 is 3.13 bits per heavy atom. The summed E-state index contributed by atoms with van der Waals surface area (Å²) in [6, 6.07) is -0.367. The summed E-state index contributed by atoms with van der Waals surface area (Å²) in [5.41, 5.74) is 0.946. The summed E-state index contributed by atoms with van der Waals surface area (Å²) in [7, 11) is 0. The third-order valence-corrected chi connectivity index (χ3v) is 1.62. The Kier molecular flexibility index (Phi) is 4.62. The van der Waals surface area contributed by atoms with Crippen LogP contribution in [0, 0.1) is 0 Å². The van der Waals surface area contributed by atoms with Crippen LogP contribution in [0.15, 0.2) is 17.5 Å². The Labute approximate surface area is 86.0 Å². The van der Waals surface area contributed by atoms with Gasteiger partial charge in [0.1, 0.15) is 6.67 Å². The molecule has 0 aliphatic carbocycles. The Hall–Kier alpha value is -2.14. The van der Waals surface area contributed by atoms with Gasteiger partial charge in [-0.1, -0.05) is 0 Å². The molecule has 80 valence electrons. The van der Waals surface area contributed by atoms with E-state index < -0.39 is 0 Å². The molecule has 1 aromatic heterocycles. The van der Waals surface area contributed by atoms with E-state index in [1.807, 2.05) is 0 Å². The van der Waals surface area contributed by atoms with Crippen molar-refractivity contribution in [1.29, 1.82) is 0 Å². The van der Waals surface area contributed by atoms with Crippen molar-refractivity contribution in [2.45, 2.75) is 6.42 Å². The van der Waals surface area contributed by atoms with Crippen molar-refractivity contribution in [2.75, 3.05) is 13.2 Å². The molecule has 7 nitrogen and oxygen atoms in total. The zero-order valence-corrected chi connectivity index (χ0v) is 7.99. The zero-order chi connectivity index (χ0) is 10.9. The summed E-state index contributed by atoms with van der Waals surface area (Å²) in [4.78, 5) is 30.6. The number of hydrogen-bond donors (Lipinski definition) is 3. The number of urea groups is 1. The molecule has 0 saturated carbocycles. The molecule has 0 bridgehead atoms. The lowest BCUT2D eigenvalue weighted by atomic mass is 10.3. The van der Waals surface area contributed by atoms with Gasteiger partial charge in [-0.25, -0.2) is 14.6 Å². The standard InChI is InChI=1S/C8H11N5O2/c14-6-10-5-13-8(15)11-2-1-7-3-9-4-12-7/h3-4H,1-2,5H2,(H,9,12)(H2,11,13,15). The average Bonchev–Trinajstić information content (AvgIpc) is 2.71. The van der Waals surface area contributed by atoms with Gasteiger partial charge < -0.3 is 15.6 Å². The lowest BCUT2D eigenvalue weighted by Crippen LogP contribution is -2.36. The topological polar surface area (TPSA) is 99.2 Å². The third kappa shape index (κ3) is 4.58. The average molecular weight is 209 g/mol. The number of aliphatic imine (C=N–C) groups is 1. The van der Waals surface area contributed by atoms with Gasteiger partial charge in [-0.05, 0) is 0 Å².